The molecule has 1 aliphatic heterocycles. The van der Waals surface area contributed by atoms with Crippen molar-refractivity contribution in [2.45, 2.75) is 70.8 Å². The van der Waals surface area contributed by atoms with Gasteiger partial charge in [-0.05, 0) is 107 Å². The molecule has 0 bridgehead atoms. The number of hydrogen-bond acceptors (Lipinski definition) is 12. The van der Waals surface area contributed by atoms with E-state index in [4.69, 9.17) is 43.9 Å². The first-order chi connectivity index (χ1) is 28.1. The summed E-state index contributed by atoms with van der Waals surface area (Å²) in [5.41, 5.74) is 10.1. The van der Waals surface area contributed by atoms with Crippen LogP contribution in [0.2, 0.25) is 0 Å². The van der Waals surface area contributed by atoms with Gasteiger partial charge in [0, 0.05) is 31.2 Å². The molecule has 2 aromatic carbocycles. The molecule has 1 aliphatic rings. The quantitative estimate of drug-likeness (QED) is 0.0704. The number of amides is 1. The van der Waals surface area contributed by atoms with Crippen molar-refractivity contribution in [1.82, 2.24) is 9.88 Å². The van der Waals surface area contributed by atoms with E-state index in [1.54, 1.807) is 4.90 Å². The Kier molecular flexibility index (Phi) is 20.4. The number of rotatable bonds is 26. The molecule has 0 fully saturated rings. The largest absolute Gasteiger partial charge is 0.491 e. The molecule has 13 nitrogen and oxygen atoms in total. The SMILES string of the molecule is COC(=O)CC(CN(C)CCCCc1ccc2c(n1)N(C(=O)OC(C)(C)C)CCC2)c1cccc(-c2ccc(OCCOCCOCCOCCOCCN)cc2)c1. The lowest BCUT2D eigenvalue weighted by Gasteiger charge is -2.31. The number of esters is 1. The first kappa shape index (κ1) is 46.6. The van der Waals surface area contributed by atoms with Crippen LogP contribution in [-0.4, -0.2) is 127 Å². The zero-order chi connectivity index (χ0) is 41.6. The highest BCUT2D eigenvalue weighted by Crippen LogP contribution is 2.30. The van der Waals surface area contributed by atoms with Crippen molar-refractivity contribution >= 4 is 17.9 Å². The normalized spacial score (nSPS) is 13.3. The lowest BCUT2D eigenvalue weighted by atomic mass is 9.92. The Balaban J connectivity index is 1.20. The van der Waals surface area contributed by atoms with Gasteiger partial charge in [0.25, 0.3) is 0 Å². The first-order valence-corrected chi connectivity index (χ1v) is 20.6. The Bertz CT molecular complexity index is 1650. The molecule has 1 amide bonds. The van der Waals surface area contributed by atoms with Gasteiger partial charge in [0.1, 0.15) is 23.8 Å². The molecule has 4 rings (SSSR count). The molecule has 0 saturated heterocycles. The number of aryl methyl sites for hydroxylation is 2. The zero-order valence-electron chi connectivity index (χ0n) is 35.4. The summed E-state index contributed by atoms with van der Waals surface area (Å²) in [5.74, 6) is 1.23. The van der Waals surface area contributed by atoms with E-state index < -0.39 is 5.60 Å². The lowest BCUT2D eigenvalue weighted by Crippen LogP contribution is -2.40. The van der Waals surface area contributed by atoms with Crippen LogP contribution in [0.15, 0.2) is 60.7 Å². The number of ether oxygens (including phenoxy) is 7. The maximum atomic E-state index is 12.9. The fourth-order valence-electron chi connectivity index (χ4n) is 6.62. The van der Waals surface area contributed by atoms with Crippen molar-refractivity contribution in [1.29, 1.82) is 0 Å². The summed E-state index contributed by atoms with van der Waals surface area (Å²) in [4.78, 5) is 34.3. The van der Waals surface area contributed by atoms with E-state index in [1.807, 2.05) is 51.1 Å². The molecular weight excluding hydrogens is 741 g/mol. The van der Waals surface area contributed by atoms with Crippen LogP contribution in [0.5, 0.6) is 5.75 Å². The van der Waals surface area contributed by atoms with E-state index in [0.29, 0.717) is 85.5 Å². The molecule has 13 heteroatoms. The summed E-state index contributed by atoms with van der Waals surface area (Å²) in [6.07, 6.45) is 4.48. The molecule has 1 atom stereocenters. The Morgan fingerprint density at radius 2 is 1.52 bits per heavy atom. The Hall–Kier alpha value is -4.11. The summed E-state index contributed by atoms with van der Waals surface area (Å²) >= 11 is 0. The summed E-state index contributed by atoms with van der Waals surface area (Å²) in [6.45, 7) is 12.8. The van der Waals surface area contributed by atoms with E-state index >= 15 is 0 Å². The van der Waals surface area contributed by atoms with Gasteiger partial charge in [-0.15, -0.1) is 0 Å². The zero-order valence-corrected chi connectivity index (χ0v) is 35.4. The summed E-state index contributed by atoms with van der Waals surface area (Å²) < 4.78 is 38.5. The number of unbranched alkanes of at least 4 members (excludes halogenated alkanes) is 1. The predicted octanol–water partition coefficient (Wildman–Crippen LogP) is 6.44. The van der Waals surface area contributed by atoms with Crippen LogP contribution in [0.4, 0.5) is 10.6 Å². The Morgan fingerprint density at radius 1 is 0.845 bits per heavy atom. The topological polar surface area (TPSA) is 144 Å². The molecule has 3 aromatic rings. The average Bonchev–Trinajstić information content (AvgIpc) is 3.21. The number of hydrogen-bond donors (Lipinski definition) is 1. The minimum Gasteiger partial charge on any atom is -0.491 e. The highest BCUT2D eigenvalue weighted by atomic mass is 16.6. The van der Waals surface area contributed by atoms with Crippen molar-refractivity contribution in [3.63, 3.8) is 0 Å². The van der Waals surface area contributed by atoms with Crippen LogP contribution in [0.25, 0.3) is 11.1 Å². The van der Waals surface area contributed by atoms with E-state index in [1.165, 1.54) is 7.11 Å². The van der Waals surface area contributed by atoms with Crippen LogP contribution in [0.3, 0.4) is 0 Å². The first-order valence-electron chi connectivity index (χ1n) is 20.6. The molecule has 0 spiro atoms. The van der Waals surface area contributed by atoms with E-state index in [0.717, 1.165) is 78.2 Å². The van der Waals surface area contributed by atoms with E-state index in [9.17, 15) is 9.59 Å². The minimum absolute atomic E-state index is 0.0356. The number of nitrogens with two attached hydrogens (primary N) is 1. The van der Waals surface area contributed by atoms with Crippen molar-refractivity contribution in [3.8, 4) is 16.9 Å². The molecule has 320 valence electrons. The monoisotopic (exact) mass is 806 g/mol. The van der Waals surface area contributed by atoms with Gasteiger partial charge in [0.05, 0.1) is 66.4 Å². The van der Waals surface area contributed by atoms with Crippen molar-refractivity contribution in [3.05, 3.63) is 77.5 Å². The number of pyridine rings is 1. The van der Waals surface area contributed by atoms with Crippen LogP contribution in [0.1, 0.15) is 69.2 Å². The van der Waals surface area contributed by atoms with E-state index in [-0.39, 0.29) is 18.0 Å². The number of carbonyl (C=O) groups is 2. The van der Waals surface area contributed by atoms with Gasteiger partial charge in [-0.25, -0.2) is 9.78 Å². The van der Waals surface area contributed by atoms with Gasteiger partial charge in [-0.2, -0.15) is 0 Å². The molecular formula is C45H66N4O9. The smallest absolute Gasteiger partial charge is 0.416 e. The number of fused-ring (bicyclic) bond motifs is 1. The Morgan fingerprint density at radius 3 is 2.17 bits per heavy atom. The molecule has 1 aromatic heterocycles. The predicted molar refractivity (Wildman–Crippen MR) is 226 cm³/mol. The summed E-state index contributed by atoms with van der Waals surface area (Å²) in [5, 5.41) is 0. The van der Waals surface area contributed by atoms with Crippen LogP contribution >= 0.6 is 0 Å². The third kappa shape index (κ3) is 17.0. The maximum absolute atomic E-state index is 12.9. The third-order valence-electron chi connectivity index (χ3n) is 9.53. The fourth-order valence-corrected chi connectivity index (χ4v) is 6.62. The second-order valence-corrected chi connectivity index (χ2v) is 15.5. The van der Waals surface area contributed by atoms with Crippen molar-refractivity contribution in [2.75, 3.05) is 105 Å². The van der Waals surface area contributed by atoms with Gasteiger partial charge >= 0.3 is 12.1 Å². The van der Waals surface area contributed by atoms with Crippen LogP contribution in [-0.2, 0) is 46.1 Å². The number of aromatic nitrogens is 1. The molecule has 0 aliphatic carbocycles. The standard InChI is InChI=1S/C45H66N4O9/c1-45(2,3)58-44(51)49-22-9-12-36-14-17-40(47-43(36)49)13-6-7-21-48(4)34-39(33-42(50)52-5)38-11-8-10-37(32-38)35-15-18-41(19-16-35)57-31-30-56-29-28-55-27-26-54-25-24-53-23-20-46/h8,10-11,14-19,32,39H,6-7,9,12-13,20-31,33-34,46H2,1-5H3. The third-order valence-corrected chi connectivity index (χ3v) is 9.53. The molecule has 1 unspecified atom stereocenters. The minimum atomic E-state index is -0.562. The van der Waals surface area contributed by atoms with Gasteiger partial charge in [-0.3, -0.25) is 9.69 Å². The molecule has 0 saturated carbocycles. The number of likely N-dealkylation sites (N-methyl/N-ethyl adjacent to an activating group) is 1. The Labute approximate surface area is 345 Å². The van der Waals surface area contributed by atoms with Gasteiger partial charge < -0.3 is 43.8 Å². The van der Waals surface area contributed by atoms with Crippen molar-refractivity contribution < 1.29 is 42.7 Å². The molecule has 0 radical (unpaired) electrons. The van der Waals surface area contributed by atoms with E-state index in [2.05, 4.69) is 42.3 Å². The maximum Gasteiger partial charge on any atom is 0.416 e. The summed E-state index contributed by atoms with van der Waals surface area (Å²) in [6, 6.07) is 20.6. The highest BCUT2D eigenvalue weighted by molar-refractivity contribution is 5.88. The molecule has 2 N–H and O–H groups in total. The lowest BCUT2D eigenvalue weighted by molar-refractivity contribution is -0.141. The highest BCUT2D eigenvalue weighted by Gasteiger charge is 2.28. The van der Waals surface area contributed by atoms with Gasteiger partial charge in [0.15, 0.2) is 0 Å². The van der Waals surface area contributed by atoms with Gasteiger partial charge in [0.2, 0.25) is 0 Å². The average molecular weight is 807 g/mol. The number of methoxy groups -OCH3 is 1. The number of carbonyl (C=O) groups excluding carboxylic acids is 2. The van der Waals surface area contributed by atoms with Crippen LogP contribution in [0, 0.1) is 0 Å². The number of nitrogens with zero attached hydrogens (tertiary/aromatic N) is 3. The molecule has 58 heavy (non-hydrogen) atoms. The van der Waals surface area contributed by atoms with Crippen molar-refractivity contribution in [2.24, 2.45) is 5.73 Å². The molecule has 2 heterocycles. The second-order valence-electron chi connectivity index (χ2n) is 15.5. The summed E-state index contributed by atoms with van der Waals surface area (Å²) in [7, 11) is 3.54. The van der Waals surface area contributed by atoms with Gasteiger partial charge in [-0.1, -0.05) is 42.5 Å². The number of anilines is 1. The fraction of sp³-hybridized carbons (Fsp3) is 0.578. The number of benzene rings is 2. The van der Waals surface area contributed by atoms with Crippen LogP contribution < -0.4 is 15.4 Å². The second kappa shape index (κ2) is 25.4.